The maximum Gasteiger partial charge on any atom is 0.257 e. The average molecular weight is 325 g/mol. The predicted octanol–water partition coefficient (Wildman–Crippen LogP) is 2.31. The van der Waals surface area contributed by atoms with Gasteiger partial charge in [-0.3, -0.25) is 14.6 Å². The zero-order chi connectivity index (χ0) is 16.8. The Morgan fingerprint density at radius 3 is 2.83 bits per heavy atom. The molecular weight excluding hydrogens is 306 g/mol. The zero-order valence-electron chi connectivity index (χ0n) is 13.7. The number of fused-ring (bicyclic) bond motifs is 1. The molecular formula is C18H19N3O3. The van der Waals surface area contributed by atoms with Gasteiger partial charge in [0, 0.05) is 19.2 Å². The fourth-order valence-corrected chi connectivity index (χ4v) is 3.93. The molecule has 0 radical (unpaired) electrons. The molecule has 0 aliphatic carbocycles. The number of rotatable bonds is 2. The summed E-state index contributed by atoms with van der Waals surface area (Å²) in [5.41, 5.74) is 1.40. The van der Waals surface area contributed by atoms with Gasteiger partial charge in [-0.25, -0.2) is 0 Å². The molecule has 2 aromatic heterocycles. The van der Waals surface area contributed by atoms with Crippen LogP contribution in [0.15, 0.2) is 35.0 Å². The zero-order valence-corrected chi connectivity index (χ0v) is 13.7. The van der Waals surface area contributed by atoms with E-state index in [1.165, 1.54) is 0 Å². The number of carbonyl (C=O) groups is 2. The van der Waals surface area contributed by atoms with Crippen molar-refractivity contribution in [3.63, 3.8) is 0 Å². The van der Waals surface area contributed by atoms with Crippen molar-refractivity contribution in [3.05, 3.63) is 47.7 Å². The lowest BCUT2D eigenvalue weighted by molar-refractivity contribution is -0.117. The summed E-state index contributed by atoms with van der Waals surface area (Å²) in [5, 5.41) is 0. The van der Waals surface area contributed by atoms with E-state index in [1.807, 2.05) is 24.0 Å². The van der Waals surface area contributed by atoms with E-state index < -0.39 is 0 Å². The molecule has 0 bridgehead atoms. The molecule has 2 atom stereocenters. The van der Waals surface area contributed by atoms with Crippen molar-refractivity contribution in [1.29, 1.82) is 0 Å². The van der Waals surface area contributed by atoms with Crippen LogP contribution in [0.3, 0.4) is 0 Å². The first-order chi connectivity index (χ1) is 11.6. The molecule has 4 rings (SSSR count). The minimum atomic E-state index is -0.0835. The van der Waals surface area contributed by atoms with Gasteiger partial charge < -0.3 is 14.2 Å². The second-order valence-electron chi connectivity index (χ2n) is 6.43. The van der Waals surface area contributed by atoms with Gasteiger partial charge in [0.1, 0.15) is 11.5 Å². The van der Waals surface area contributed by atoms with Crippen molar-refractivity contribution < 1.29 is 14.0 Å². The first-order valence-electron chi connectivity index (χ1n) is 8.16. The minimum absolute atomic E-state index is 0.0268. The van der Waals surface area contributed by atoms with Crippen molar-refractivity contribution in [2.24, 2.45) is 0 Å². The predicted molar refractivity (Wildman–Crippen MR) is 87.8 cm³/mol. The van der Waals surface area contributed by atoms with E-state index in [2.05, 4.69) is 4.98 Å². The van der Waals surface area contributed by atoms with Crippen LogP contribution in [0, 0.1) is 13.8 Å². The molecule has 0 spiro atoms. The molecule has 0 saturated carbocycles. The number of carbonyl (C=O) groups excluding carboxylic acids is 2. The first kappa shape index (κ1) is 14.9. The summed E-state index contributed by atoms with van der Waals surface area (Å²) in [6.45, 7) is 4.29. The van der Waals surface area contributed by atoms with Crippen LogP contribution in [0.25, 0.3) is 0 Å². The maximum absolute atomic E-state index is 12.9. The lowest BCUT2D eigenvalue weighted by Crippen LogP contribution is -2.40. The number of aryl methyl sites for hydroxylation is 2. The summed E-state index contributed by atoms with van der Waals surface area (Å²) in [5.74, 6) is 1.37. The Balaban J connectivity index is 1.61. The number of nitrogens with zero attached hydrogens (tertiary/aromatic N) is 3. The van der Waals surface area contributed by atoms with E-state index in [4.69, 9.17) is 4.42 Å². The highest BCUT2D eigenvalue weighted by Crippen LogP contribution is 2.36. The summed E-state index contributed by atoms with van der Waals surface area (Å²) in [6, 6.07) is 5.44. The van der Waals surface area contributed by atoms with Crippen LogP contribution in [0.4, 0.5) is 5.69 Å². The van der Waals surface area contributed by atoms with E-state index in [0.29, 0.717) is 24.3 Å². The number of amides is 2. The van der Waals surface area contributed by atoms with Gasteiger partial charge >= 0.3 is 0 Å². The van der Waals surface area contributed by atoms with Gasteiger partial charge in [0.05, 0.1) is 29.5 Å². The highest BCUT2D eigenvalue weighted by molar-refractivity contribution is 6.00. The topological polar surface area (TPSA) is 66.7 Å². The van der Waals surface area contributed by atoms with Gasteiger partial charge in [-0.1, -0.05) is 0 Å². The molecule has 2 aliphatic rings. The van der Waals surface area contributed by atoms with Crippen LogP contribution in [0.1, 0.15) is 34.7 Å². The Kier molecular flexibility index (Phi) is 3.40. The van der Waals surface area contributed by atoms with Crippen LogP contribution in [0.5, 0.6) is 0 Å². The molecule has 0 aromatic carbocycles. The summed E-state index contributed by atoms with van der Waals surface area (Å²) in [7, 11) is 0. The van der Waals surface area contributed by atoms with Crippen molar-refractivity contribution in [2.75, 3.05) is 11.4 Å². The third kappa shape index (κ3) is 2.21. The number of hydrogen-bond donors (Lipinski definition) is 0. The van der Waals surface area contributed by atoms with E-state index in [1.54, 1.807) is 30.3 Å². The molecule has 2 fully saturated rings. The highest BCUT2D eigenvalue weighted by Gasteiger charge is 2.49. The van der Waals surface area contributed by atoms with Crippen molar-refractivity contribution in [3.8, 4) is 0 Å². The van der Waals surface area contributed by atoms with Crippen molar-refractivity contribution >= 4 is 17.5 Å². The van der Waals surface area contributed by atoms with E-state index >= 15 is 0 Å². The lowest BCUT2D eigenvalue weighted by Gasteiger charge is -2.25. The molecule has 24 heavy (non-hydrogen) atoms. The van der Waals surface area contributed by atoms with Gasteiger partial charge in [0.15, 0.2) is 0 Å². The van der Waals surface area contributed by atoms with Gasteiger partial charge in [-0.05, 0) is 38.5 Å². The van der Waals surface area contributed by atoms with Crippen LogP contribution in [-0.4, -0.2) is 40.3 Å². The standard InChI is InChI=1S/C18H19N3O3/c1-11-8-14(12(2)24-11)18(23)20-7-5-15-16(20)9-17(22)21(15)13-4-3-6-19-10-13/h3-4,6,8,10,15-16H,5,7,9H2,1-2H3/t15-,16+/m0/s1. The normalized spacial score (nSPS) is 23.0. The van der Waals surface area contributed by atoms with E-state index in [-0.39, 0.29) is 23.9 Å². The van der Waals surface area contributed by atoms with Crippen LogP contribution >= 0.6 is 0 Å². The smallest absolute Gasteiger partial charge is 0.257 e. The van der Waals surface area contributed by atoms with Crippen molar-refractivity contribution in [1.82, 2.24) is 9.88 Å². The largest absolute Gasteiger partial charge is 0.466 e. The number of anilines is 1. The molecule has 6 heteroatoms. The Bertz CT molecular complexity index is 799. The molecule has 0 unspecified atom stereocenters. The first-order valence-corrected chi connectivity index (χ1v) is 8.16. The number of likely N-dealkylation sites (tertiary alicyclic amines) is 1. The number of hydrogen-bond acceptors (Lipinski definition) is 4. The Morgan fingerprint density at radius 1 is 1.33 bits per heavy atom. The fourth-order valence-electron chi connectivity index (χ4n) is 3.93. The number of pyridine rings is 1. The SMILES string of the molecule is Cc1cc(C(=O)N2CC[C@H]3[C@H]2CC(=O)N3c2cccnc2)c(C)o1. The van der Waals surface area contributed by atoms with Crippen molar-refractivity contribution in [2.45, 2.75) is 38.8 Å². The summed E-state index contributed by atoms with van der Waals surface area (Å²) < 4.78 is 5.48. The second kappa shape index (κ2) is 5.47. The number of aromatic nitrogens is 1. The monoisotopic (exact) mass is 325 g/mol. The molecule has 2 aromatic rings. The quantitative estimate of drug-likeness (QED) is 0.850. The molecule has 4 heterocycles. The van der Waals surface area contributed by atoms with Crippen LogP contribution < -0.4 is 4.90 Å². The van der Waals surface area contributed by atoms with E-state index in [0.717, 1.165) is 17.9 Å². The maximum atomic E-state index is 12.9. The van der Waals surface area contributed by atoms with Gasteiger partial charge in [0.2, 0.25) is 5.91 Å². The number of furan rings is 1. The minimum Gasteiger partial charge on any atom is -0.466 e. The third-order valence-electron chi connectivity index (χ3n) is 4.95. The molecule has 124 valence electrons. The Labute approximate surface area is 140 Å². The molecule has 0 N–H and O–H groups in total. The van der Waals surface area contributed by atoms with Crippen LogP contribution in [0.2, 0.25) is 0 Å². The molecule has 2 saturated heterocycles. The third-order valence-corrected chi connectivity index (χ3v) is 4.95. The lowest BCUT2D eigenvalue weighted by atomic mass is 10.1. The second-order valence-corrected chi connectivity index (χ2v) is 6.43. The van der Waals surface area contributed by atoms with Gasteiger partial charge in [-0.15, -0.1) is 0 Å². The van der Waals surface area contributed by atoms with Crippen LogP contribution in [-0.2, 0) is 4.79 Å². The molecule has 2 aliphatic heterocycles. The summed E-state index contributed by atoms with van der Waals surface area (Å²) in [6.07, 6.45) is 4.54. The molecule has 2 amide bonds. The summed E-state index contributed by atoms with van der Waals surface area (Å²) >= 11 is 0. The highest BCUT2D eigenvalue weighted by atomic mass is 16.3. The average Bonchev–Trinajstić information content (AvgIpc) is 3.20. The van der Waals surface area contributed by atoms with E-state index in [9.17, 15) is 9.59 Å². The Hall–Kier alpha value is -2.63. The Morgan fingerprint density at radius 2 is 2.17 bits per heavy atom. The molecule has 6 nitrogen and oxygen atoms in total. The van der Waals surface area contributed by atoms with Gasteiger partial charge in [-0.2, -0.15) is 0 Å². The fraction of sp³-hybridized carbons (Fsp3) is 0.389. The summed E-state index contributed by atoms with van der Waals surface area (Å²) in [4.78, 5) is 33.1. The van der Waals surface area contributed by atoms with Gasteiger partial charge in [0.25, 0.3) is 5.91 Å².